The molecule has 6 heteroatoms. The van der Waals surface area contributed by atoms with Gasteiger partial charge in [0, 0.05) is 19.1 Å². The lowest BCUT2D eigenvalue weighted by Crippen LogP contribution is -2.26. The number of aromatic carboxylic acids is 1. The van der Waals surface area contributed by atoms with Crippen molar-refractivity contribution in [3.63, 3.8) is 0 Å². The van der Waals surface area contributed by atoms with Crippen LogP contribution in [0.3, 0.4) is 0 Å². The summed E-state index contributed by atoms with van der Waals surface area (Å²) in [4.78, 5) is 15.6. The number of nitrogens with one attached hydrogen (secondary N) is 1. The maximum Gasteiger partial charge on any atom is 0.336 e. The van der Waals surface area contributed by atoms with E-state index in [-0.39, 0.29) is 18.2 Å². The number of aliphatic hydroxyl groups excluding tert-OH is 1. The Balaban J connectivity index is 2.28. The minimum Gasteiger partial charge on any atom is -0.478 e. The van der Waals surface area contributed by atoms with Gasteiger partial charge in [0.1, 0.15) is 5.82 Å². The maximum atomic E-state index is 11.2. The molecule has 1 unspecified atom stereocenters. The van der Waals surface area contributed by atoms with Gasteiger partial charge in [0.15, 0.2) is 0 Å². The number of pyridine rings is 1. The Labute approximate surface area is 122 Å². The minimum atomic E-state index is -0.972. The number of nitrogens with zero attached hydrogens (tertiary/aromatic N) is 1. The summed E-state index contributed by atoms with van der Waals surface area (Å²) in [5.74, 6) is -0.346. The van der Waals surface area contributed by atoms with Crippen LogP contribution in [0.4, 0.5) is 5.82 Å². The summed E-state index contributed by atoms with van der Waals surface area (Å²) in [6, 6.07) is 8.41. The topological polar surface area (TPSA) is 91.7 Å². The molecular weight excluding hydrogens is 272 g/mol. The van der Waals surface area contributed by atoms with Gasteiger partial charge in [-0.1, -0.05) is 6.07 Å². The summed E-state index contributed by atoms with van der Waals surface area (Å²) < 4.78 is 5.09. The van der Waals surface area contributed by atoms with Gasteiger partial charge in [0.2, 0.25) is 0 Å². The van der Waals surface area contributed by atoms with Gasteiger partial charge in [-0.05, 0) is 30.7 Å². The van der Waals surface area contributed by atoms with Crippen LogP contribution in [0.5, 0.6) is 0 Å². The number of hydrogen-bond acceptors (Lipinski definition) is 5. The second kappa shape index (κ2) is 7.01. The van der Waals surface area contributed by atoms with Gasteiger partial charge in [-0.25, -0.2) is 9.78 Å². The van der Waals surface area contributed by atoms with Gasteiger partial charge < -0.3 is 20.3 Å². The molecule has 21 heavy (non-hydrogen) atoms. The average molecular weight is 290 g/mol. The molecule has 0 fully saturated rings. The second-order valence-electron chi connectivity index (χ2n) is 4.68. The first-order valence-electron chi connectivity index (χ1n) is 6.65. The van der Waals surface area contributed by atoms with Crippen molar-refractivity contribution < 1.29 is 19.7 Å². The van der Waals surface area contributed by atoms with E-state index >= 15 is 0 Å². The fraction of sp³-hybridized carbons (Fsp3) is 0.333. The smallest absolute Gasteiger partial charge is 0.336 e. The quantitative estimate of drug-likeness (QED) is 0.719. The molecule has 2 rings (SSSR count). The number of ether oxygens (including phenoxy) is 1. The lowest BCUT2D eigenvalue weighted by Gasteiger charge is -2.17. The lowest BCUT2D eigenvalue weighted by atomic mass is 10.1. The summed E-state index contributed by atoms with van der Waals surface area (Å²) >= 11 is 0. The molecule has 1 aromatic carbocycles. The van der Waals surface area contributed by atoms with Gasteiger partial charge in [0.25, 0.3) is 0 Å². The van der Waals surface area contributed by atoms with Crippen molar-refractivity contribution in [2.45, 2.75) is 12.5 Å². The van der Waals surface area contributed by atoms with Crippen molar-refractivity contribution in [3.8, 4) is 0 Å². The Morgan fingerprint density at radius 2 is 2.19 bits per heavy atom. The van der Waals surface area contributed by atoms with E-state index in [0.29, 0.717) is 29.7 Å². The summed E-state index contributed by atoms with van der Waals surface area (Å²) in [5.41, 5.74) is 0.843. The van der Waals surface area contributed by atoms with Crippen molar-refractivity contribution in [1.82, 2.24) is 4.98 Å². The molecule has 1 atom stereocenters. The number of aliphatic hydroxyl groups is 1. The highest BCUT2D eigenvalue weighted by Gasteiger charge is 2.11. The zero-order chi connectivity index (χ0) is 15.2. The standard InChI is InChI=1S/C15H18N2O4/c1-21-9-10(7-8-18)16-14-6-5-11-12(15(19)20)3-2-4-13(11)17-14/h2-6,10,18H,7-9H2,1H3,(H,16,17)(H,19,20). The van der Waals surface area contributed by atoms with E-state index < -0.39 is 5.97 Å². The average Bonchev–Trinajstić information content (AvgIpc) is 2.46. The van der Waals surface area contributed by atoms with E-state index in [0.717, 1.165) is 0 Å². The fourth-order valence-electron chi connectivity index (χ4n) is 2.19. The highest BCUT2D eigenvalue weighted by Crippen LogP contribution is 2.20. The fourth-order valence-corrected chi connectivity index (χ4v) is 2.19. The molecular formula is C15H18N2O4. The number of methoxy groups -OCH3 is 1. The molecule has 1 aromatic heterocycles. The van der Waals surface area contributed by atoms with E-state index in [1.54, 1.807) is 37.4 Å². The van der Waals surface area contributed by atoms with Crippen LogP contribution < -0.4 is 5.32 Å². The molecule has 0 spiro atoms. The van der Waals surface area contributed by atoms with Gasteiger partial charge >= 0.3 is 5.97 Å². The molecule has 0 bridgehead atoms. The highest BCUT2D eigenvalue weighted by molar-refractivity contribution is 6.02. The number of rotatable bonds is 7. The molecule has 6 nitrogen and oxygen atoms in total. The molecule has 0 aliphatic rings. The molecule has 0 radical (unpaired) electrons. The van der Waals surface area contributed by atoms with Crippen molar-refractivity contribution in [2.75, 3.05) is 25.6 Å². The van der Waals surface area contributed by atoms with E-state index in [2.05, 4.69) is 10.3 Å². The van der Waals surface area contributed by atoms with Crippen LogP contribution in [0.1, 0.15) is 16.8 Å². The molecule has 0 aliphatic carbocycles. The van der Waals surface area contributed by atoms with E-state index in [9.17, 15) is 4.79 Å². The predicted octanol–water partition coefficient (Wildman–Crippen LogP) is 1.74. The van der Waals surface area contributed by atoms with Crippen molar-refractivity contribution in [3.05, 3.63) is 35.9 Å². The van der Waals surface area contributed by atoms with Crippen LogP contribution >= 0.6 is 0 Å². The van der Waals surface area contributed by atoms with Gasteiger partial charge in [-0.3, -0.25) is 0 Å². The first-order chi connectivity index (χ1) is 10.2. The minimum absolute atomic E-state index is 0.0485. The zero-order valence-electron chi connectivity index (χ0n) is 11.7. The largest absolute Gasteiger partial charge is 0.478 e. The first-order valence-corrected chi connectivity index (χ1v) is 6.65. The van der Waals surface area contributed by atoms with Gasteiger partial charge in [0.05, 0.1) is 23.7 Å². The Morgan fingerprint density at radius 3 is 2.86 bits per heavy atom. The van der Waals surface area contributed by atoms with Crippen LogP contribution in [0.25, 0.3) is 10.9 Å². The highest BCUT2D eigenvalue weighted by atomic mass is 16.5. The van der Waals surface area contributed by atoms with Crippen LogP contribution in [0.2, 0.25) is 0 Å². The van der Waals surface area contributed by atoms with Crippen molar-refractivity contribution in [1.29, 1.82) is 0 Å². The van der Waals surface area contributed by atoms with Crippen LogP contribution in [-0.2, 0) is 4.74 Å². The lowest BCUT2D eigenvalue weighted by molar-refractivity contribution is 0.0699. The summed E-state index contributed by atoms with van der Waals surface area (Å²) in [6.45, 7) is 0.507. The van der Waals surface area contributed by atoms with Crippen LogP contribution in [0, 0.1) is 0 Å². The third-order valence-electron chi connectivity index (χ3n) is 3.16. The van der Waals surface area contributed by atoms with Crippen LogP contribution in [-0.4, -0.2) is 47.5 Å². The third kappa shape index (κ3) is 3.68. The Bertz CT molecular complexity index is 624. The number of hydrogen-bond donors (Lipinski definition) is 3. The Morgan fingerprint density at radius 1 is 1.38 bits per heavy atom. The molecule has 0 aliphatic heterocycles. The molecule has 2 aromatic rings. The second-order valence-corrected chi connectivity index (χ2v) is 4.68. The van der Waals surface area contributed by atoms with Crippen molar-refractivity contribution >= 4 is 22.7 Å². The molecule has 3 N–H and O–H groups in total. The van der Waals surface area contributed by atoms with Crippen LogP contribution in [0.15, 0.2) is 30.3 Å². The number of benzene rings is 1. The molecule has 0 saturated heterocycles. The summed E-state index contributed by atoms with van der Waals surface area (Å²) in [7, 11) is 1.60. The maximum absolute atomic E-state index is 11.2. The monoisotopic (exact) mass is 290 g/mol. The summed E-state index contributed by atoms with van der Waals surface area (Å²) in [5, 5.41) is 22.0. The number of carboxylic acid groups (broad SMARTS) is 1. The van der Waals surface area contributed by atoms with Gasteiger partial charge in [-0.15, -0.1) is 0 Å². The Hall–Kier alpha value is -2.18. The Kier molecular flexibility index (Phi) is 5.08. The van der Waals surface area contributed by atoms with E-state index in [1.807, 2.05) is 0 Å². The normalized spacial score (nSPS) is 12.3. The van der Waals surface area contributed by atoms with Gasteiger partial charge in [-0.2, -0.15) is 0 Å². The predicted molar refractivity (Wildman–Crippen MR) is 79.7 cm³/mol. The molecule has 1 heterocycles. The van der Waals surface area contributed by atoms with E-state index in [1.165, 1.54) is 0 Å². The molecule has 112 valence electrons. The zero-order valence-corrected chi connectivity index (χ0v) is 11.7. The summed E-state index contributed by atoms with van der Waals surface area (Å²) in [6.07, 6.45) is 0.544. The number of aromatic nitrogens is 1. The number of carboxylic acids is 1. The van der Waals surface area contributed by atoms with E-state index in [4.69, 9.17) is 14.9 Å². The number of carbonyl (C=O) groups is 1. The number of fused-ring (bicyclic) bond motifs is 1. The van der Waals surface area contributed by atoms with Crippen molar-refractivity contribution in [2.24, 2.45) is 0 Å². The number of anilines is 1. The SMILES string of the molecule is COCC(CCO)Nc1ccc2c(C(=O)O)cccc2n1. The molecule has 0 saturated carbocycles. The molecule has 0 amide bonds. The third-order valence-corrected chi connectivity index (χ3v) is 3.16. The first kappa shape index (κ1) is 15.2.